The third kappa shape index (κ3) is 1.76. The summed E-state index contributed by atoms with van der Waals surface area (Å²) in [6, 6.07) is 10.1. The molecule has 0 radical (unpaired) electrons. The van der Waals surface area contributed by atoms with Crippen molar-refractivity contribution in [2.24, 2.45) is 0 Å². The van der Waals surface area contributed by atoms with Crippen LogP contribution in [0.4, 0.5) is 5.82 Å². The molecular formula is C15H16N4. The lowest BCUT2D eigenvalue weighted by Gasteiger charge is -2.05. The van der Waals surface area contributed by atoms with Crippen molar-refractivity contribution in [1.82, 2.24) is 14.5 Å². The number of anilines is 1. The Kier molecular flexibility index (Phi) is 2.71. The van der Waals surface area contributed by atoms with E-state index < -0.39 is 0 Å². The van der Waals surface area contributed by atoms with Gasteiger partial charge in [0.1, 0.15) is 17.3 Å². The van der Waals surface area contributed by atoms with Crippen molar-refractivity contribution >= 4 is 16.7 Å². The number of nitrogens with zero attached hydrogens (tertiary/aromatic N) is 3. The first-order chi connectivity index (χ1) is 9.22. The van der Waals surface area contributed by atoms with Gasteiger partial charge in [0.25, 0.3) is 0 Å². The van der Waals surface area contributed by atoms with E-state index in [1.807, 2.05) is 41.8 Å². The largest absolute Gasteiger partial charge is 0.383 e. The number of pyridine rings is 1. The molecule has 0 spiro atoms. The molecule has 96 valence electrons. The van der Waals surface area contributed by atoms with Crippen molar-refractivity contribution in [2.45, 2.75) is 20.4 Å². The van der Waals surface area contributed by atoms with Crippen LogP contribution < -0.4 is 5.73 Å². The molecule has 2 heterocycles. The Bertz CT molecular complexity index is 738. The predicted octanol–water partition coefficient (Wildman–Crippen LogP) is 3.01. The standard InChI is InChI=1S/C15H16N4/c1-3-19-10(2)18-14(15(19)16)12-8-4-6-11-7-5-9-17-13(11)12/h4-9H,3,16H2,1-2H3. The van der Waals surface area contributed by atoms with Crippen LogP contribution in [0.15, 0.2) is 36.5 Å². The Balaban J connectivity index is 2.31. The number of rotatable bonds is 2. The highest BCUT2D eigenvalue weighted by molar-refractivity contribution is 5.94. The number of aromatic nitrogens is 3. The number of nitrogens with two attached hydrogens (primary N) is 1. The van der Waals surface area contributed by atoms with Crippen LogP contribution in [-0.2, 0) is 6.54 Å². The Morgan fingerprint density at radius 2 is 2.00 bits per heavy atom. The second-order valence-electron chi connectivity index (χ2n) is 4.52. The monoisotopic (exact) mass is 252 g/mol. The molecule has 3 aromatic rings. The summed E-state index contributed by atoms with van der Waals surface area (Å²) in [5.41, 5.74) is 8.97. The van der Waals surface area contributed by atoms with E-state index in [1.165, 1.54) is 0 Å². The second kappa shape index (κ2) is 4.39. The van der Waals surface area contributed by atoms with E-state index in [9.17, 15) is 0 Å². The summed E-state index contributed by atoms with van der Waals surface area (Å²) in [6.07, 6.45) is 1.80. The molecule has 0 unspecified atom stereocenters. The van der Waals surface area contributed by atoms with Gasteiger partial charge in [-0.2, -0.15) is 0 Å². The zero-order valence-electron chi connectivity index (χ0n) is 11.1. The number of hydrogen-bond donors (Lipinski definition) is 1. The summed E-state index contributed by atoms with van der Waals surface area (Å²) >= 11 is 0. The normalized spacial score (nSPS) is 11.1. The Hall–Kier alpha value is -2.36. The number of nitrogen functional groups attached to an aromatic ring is 1. The van der Waals surface area contributed by atoms with Crippen molar-refractivity contribution in [1.29, 1.82) is 0 Å². The molecule has 0 aliphatic carbocycles. The highest BCUT2D eigenvalue weighted by Crippen LogP contribution is 2.31. The smallest absolute Gasteiger partial charge is 0.131 e. The Morgan fingerprint density at radius 3 is 2.74 bits per heavy atom. The van der Waals surface area contributed by atoms with Gasteiger partial charge in [0.15, 0.2) is 0 Å². The van der Waals surface area contributed by atoms with Crippen LogP contribution in [0, 0.1) is 6.92 Å². The van der Waals surface area contributed by atoms with E-state index in [1.54, 1.807) is 6.20 Å². The molecule has 0 saturated heterocycles. The highest BCUT2D eigenvalue weighted by Gasteiger charge is 2.15. The number of benzene rings is 1. The first-order valence-electron chi connectivity index (χ1n) is 6.39. The van der Waals surface area contributed by atoms with Gasteiger partial charge < -0.3 is 10.3 Å². The average Bonchev–Trinajstić information content (AvgIpc) is 2.72. The van der Waals surface area contributed by atoms with E-state index in [0.29, 0.717) is 5.82 Å². The van der Waals surface area contributed by atoms with Crippen LogP contribution in [0.25, 0.3) is 22.2 Å². The number of hydrogen-bond acceptors (Lipinski definition) is 3. The molecule has 19 heavy (non-hydrogen) atoms. The van der Waals surface area contributed by atoms with E-state index in [-0.39, 0.29) is 0 Å². The second-order valence-corrected chi connectivity index (χ2v) is 4.52. The fraction of sp³-hybridized carbons (Fsp3) is 0.200. The molecule has 0 aliphatic rings. The molecule has 0 amide bonds. The topological polar surface area (TPSA) is 56.7 Å². The third-order valence-electron chi connectivity index (χ3n) is 3.40. The van der Waals surface area contributed by atoms with Crippen LogP contribution in [-0.4, -0.2) is 14.5 Å². The number of imidazole rings is 1. The first kappa shape index (κ1) is 11.7. The number of aryl methyl sites for hydroxylation is 1. The SMILES string of the molecule is CCn1c(C)nc(-c2cccc3cccnc23)c1N. The summed E-state index contributed by atoms with van der Waals surface area (Å²) in [7, 11) is 0. The summed E-state index contributed by atoms with van der Waals surface area (Å²) in [6.45, 7) is 4.86. The minimum atomic E-state index is 0.707. The van der Waals surface area contributed by atoms with Gasteiger partial charge in [-0.25, -0.2) is 4.98 Å². The molecule has 2 N–H and O–H groups in total. The van der Waals surface area contributed by atoms with Crippen LogP contribution >= 0.6 is 0 Å². The maximum atomic E-state index is 6.21. The van der Waals surface area contributed by atoms with Crippen LogP contribution in [0.2, 0.25) is 0 Å². The number of fused-ring (bicyclic) bond motifs is 1. The lowest BCUT2D eigenvalue weighted by molar-refractivity contribution is 0.739. The maximum absolute atomic E-state index is 6.21. The van der Waals surface area contributed by atoms with Gasteiger partial charge in [-0.1, -0.05) is 24.3 Å². The lowest BCUT2D eigenvalue weighted by atomic mass is 10.1. The van der Waals surface area contributed by atoms with Gasteiger partial charge in [0, 0.05) is 23.7 Å². The zero-order chi connectivity index (χ0) is 13.4. The molecule has 1 aromatic carbocycles. The summed E-state index contributed by atoms with van der Waals surface area (Å²) in [5, 5.41) is 1.10. The Labute approximate surface area is 111 Å². The summed E-state index contributed by atoms with van der Waals surface area (Å²) in [5.74, 6) is 1.64. The van der Waals surface area contributed by atoms with Crippen molar-refractivity contribution in [3.8, 4) is 11.3 Å². The quantitative estimate of drug-likeness (QED) is 0.762. The molecule has 0 fully saturated rings. The first-order valence-corrected chi connectivity index (χ1v) is 6.39. The molecule has 0 aliphatic heterocycles. The predicted molar refractivity (Wildman–Crippen MR) is 77.8 cm³/mol. The average molecular weight is 252 g/mol. The maximum Gasteiger partial charge on any atom is 0.131 e. The van der Waals surface area contributed by atoms with Crippen molar-refractivity contribution in [3.63, 3.8) is 0 Å². The van der Waals surface area contributed by atoms with Gasteiger partial charge in [0.2, 0.25) is 0 Å². The highest BCUT2D eigenvalue weighted by atomic mass is 15.1. The van der Waals surface area contributed by atoms with Crippen LogP contribution in [0.1, 0.15) is 12.7 Å². The molecule has 3 rings (SSSR count). The van der Waals surface area contributed by atoms with Crippen LogP contribution in [0.5, 0.6) is 0 Å². The van der Waals surface area contributed by atoms with Crippen LogP contribution in [0.3, 0.4) is 0 Å². The zero-order valence-corrected chi connectivity index (χ0v) is 11.1. The fourth-order valence-electron chi connectivity index (χ4n) is 2.47. The minimum Gasteiger partial charge on any atom is -0.383 e. The molecule has 4 nitrogen and oxygen atoms in total. The van der Waals surface area contributed by atoms with Crippen molar-refractivity contribution in [3.05, 3.63) is 42.4 Å². The van der Waals surface area contributed by atoms with Crippen molar-refractivity contribution < 1.29 is 0 Å². The fourth-order valence-corrected chi connectivity index (χ4v) is 2.47. The molecule has 2 aromatic heterocycles. The summed E-state index contributed by atoms with van der Waals surface area (Å²) < 4.78 is 2.01. The van der Waals surface area contributed by atoms with Gasteiger partial charge in [0.05, 0.1) is 5.52 Å². The third-order valence-corrected chi connectivity index (χ3v) is 3.40. The van der Waals surface area contributed by atoms with E-state index in [0.717, 1.165) is 34.5 Å². The van der Waals surface area contributed by atoms with Gasteiger partial charge in [-0.05, 0) is 19.9 Å². The lowest BCUT2D eigenvalue weighted by Crippen LogP contribution is -2.02. The molecular weight excluding hydrogens is 236 g/mol. The van der Waals surface area contributed by atoms with E-state index in [4.69, 9.17) is 5.73 Å². The molecule has 4 heteroatoms. The van der Waals surface area contributed by atoms with Gasteiger partial charge in [-0.15, -0.1) is 0 Å². The van der Waals surface area contributed by atoms with Gasteiger partial charge in [-0.3, -0.25) is 4.98 Å². The summed E-state index contributed by atoms with van der Waals surface area (Å²) in [4.78, 5) is 9.06. The molecule has 0 atom stereocenters. The Morgan fingerprint density at radius 1 is 1.21 bits per heavy atom. The van der Waals surface area contributed by atoms with Gasteiger partial charge >= 0.3 is 0 Å². The molecule has 0 bridgehead atoms. The molecule has 0 saturated carbocycles. The van der Waals surface area contributed by atoms with E-state index >= 15 is 0 Å². The van der Waals surface area contributed by atoms with Crippen molar-refractivity contribution in [2.75, 3.05) is 5.73 Å². The van der Waals surface area contributed by atoms with E-state index in [2.05, 4.69) is 16.9 Å². The minimum absolute atomic E-state index is 0.707. The number of para-hydroxylation sites is 1.